The molecule has 0 saturated heterocycles. The Hall–Kier alpha value is -3.38. The van der Waals surface area contributed by atoms with Gasteiger partial charge in [-0.05, 0) is 49.8 Å². The minimum absolute atomic E-state index is 0.0907. The maximum atomic E-state index is 14.1. The zero-order chi connectivity index (χ0) is 29.9. The standard InChI is InChI=1S/C30H33F4N5O2S/c1-3-4-9-23(24(40)16-41-29-27(33)20(31)13-21(32)28(29)34)39-15-26(37-38-39)30(2,19-7-5-6-8-19)36-14-18-10-11-22-25(12-18)42-17-35-22/h10-13,15,17,19,23,36H,3-9,14,16H2,1-2H3/t23?,30-/m0/s1. The molecule has 0 amide bonds. The van der Waals surface area contributed by atoms with Crippen LogP contribution in [0.1, 0.15) is 76.1 Å². The van der Waals surface area contributed by atoms with Crippen molar-refractivity contribution in [1.82, 2.24) is 25.3 Å². The Morgan fingerprint density at radius 2 is 1.90 bits per heavy atom. The van der Waals surface area contributed by atoms with E-state index in [1.54, 1.807) is 17.5 Å². The number of unbranched alkanes of at least 4 members (excludes halogenated alkanes) is 1. The molecule has 1 unspecified atom stereocenters. The molecular weight excluding hydrogens is 570 g/mol. The van der Waals surface area contributed by atoms with Gasteiger partial charge in [0.1, 0.15) is 18.3 Å². The van der Waals surface area contributed by atoms with Crippen LogP contribution in [-0.2, 0) is 16.9 Å². The van der Waals surface area contributed by atoms with Crippen LogP contribution in [0.25, 0.3) is 10.2 Å². The number of carbonyl (C=O) groups excluding carboxylic acids is 1. The number of carbonyl (C=O) groups is 1. The number of ether oxygens (including phenoxy) is 1. The van der Waals surface area contributed by atoms with Gasteiger partial charge in [0, 0.05) is 12.6 Å². The van der Waals surface area contributed by atoms with Gasteiger partial charge in [-0.1, -0.05) is 43.9 Å². The van der Waals surface area contributed by atoms with E-state index in [2.05, 4.69) is 39.7 Å². The molecule has 224 valence electrons. The predicted molar refractivity (Wildman–Crippen MR) is 151 cm³/mol. The summed E-state index contributed by atoms with van der Waals surface area (Å²) in [4.78, 5) is 17.6. The quantitative estimate of drug-likeness (QED) is 0.131. The van der Waals surface area contributed by atoms with Gasteiger partial charge >= 0.3 is 0 Å². The van der Waals surface area contributed by atoms with Crippen molar-refractivity contribution in [3.63, 3.8) is 0 Å². The fourth-order valence-electron chi connectivity index (χ4n) is 5.67. The number of fused-ring (bicyclic) bond motifs is 1. The summed E-state index contributed by atoms with van der Waals surface area (Å²) >= 11 is 1.59. The zero-order valence-electron chi connectivity index (χ0n) is 23.5. The maximum absolute atomic E-state index is 14.1. The largest absolute Gasteiger partial charge is 0.479 e. The van der Waals surface area contributed by atoms with E-state index >= 15 is 0 Å². The molecule has 1 saturated carbocycles. The monoisotopic (exact) mass is 603 g/mol. The summed E-state index contributed by atoms with van der Waals surface area (Å²) < 4.78 is 63.0. The molecule has 0 radical (unpaired) electrons. The number of hydrogen-bond acceptors (Lipinski definition) is 7. The van der Waals surface area contributed by atoms with Gasteiger partial charge in [0.15, 0.2) is 23.2 Å². The summed E-state index contributed by atoms with van der Waals surface area (Å²) in [5, 5.41) is 12.5. The van der Waals surface area contributed by atoms with Crippen molar-refractivity contribution in [2.45, 2.75) is 76.9 Å². The van der Waals surface area contributed by atoms with Crippen LogP contribution in [0.2, 0.25) is 0 Å². The topological polar surface area (TPSA) is 81.9 Å². The van der Waals surface area contributed by atoms with Crippen LogP contribution in [0.4, 0.5) is 17.6 Å². The molecule has 7 nitrogen and oxygen atoms in total. The summed E-state index contributed by atoms with van der Waals surface area (Å²) in [7, 11) is 0. The lowest BCUT2D eigenvalue weighted by molar-refractivity contribution is -0.124. The summed E-state index contributed by atoms with van der Waals surface area (Å²) in [6.45, 7) is 3.88. The van der Waals surface area contributed by atoms with Crippen molar-refractivity contribution in [3.8, 4) is 5.75 Å². The molecule has 2 aromatic heterocycles. The number of rotatable bonds is 13. The first-order valence-electron chi connectivity index (χ1n) is 14.2. The van der Waals surface area contributed by atoms with Crippen LogP contribution in [0, 0.1) is 29.2 Å². The van der Waals surface area contributed by atoms with Crippen molar-refractivity contribution >= 4 is 27.3 Å². The molecule has 2 heterocycles. The van der Waals surface area contributed by atoms with Crippen LogP contribution in [0.5, 0.6) is 5.75 Å². The van der Waals surface area contributed by atoms with Gasteiger partial charge in [-0.2, -0.15) is 8.78 Å². The normalized spacial score (nSPS) is 16.1. The van der Waals surface area contributed by atoms with E-state index in [-0.39, 0.29) is 6.07 Å². The van der Waals surface area contributed by atoms with Crippen LogP contribution in [-0.4, -0.2) is 32.4 Å². The Bertz CT molecular complexity index is 1530. The van der Waals surface area contributed by atoms with E-state index in [1.165, 1.54) is 4.68 Å². The molecule has 4 aromatic rings. The van der Waals surface area contributed by atoms with Gasteiger partial charge in [0.2, 0.25) is 11.6 Å². The number of benzene rings is 2. The average molecular weight is 604 g/mol. The molecule has 1 fully saturated rings. The number of thiazole rings is 1. The molecule has 1 N–H and O–H groups in total. The molecule has 42 heavy (non-hydrogen) atoms. The van der Waals surface area contributed by atoms with E-state index in [9.17, 15) is 22.4 Å². The summed E-state index contributed by atoms with van der Waals surface area (Å²) in [5.41, 5.74) is 4.06. The Balaban J connectivity index is 1.37. The highest BCUT2D eigenvalue weighted by Gasteiger charge is 2.40. The van der Waals surface area contributed by atoms with E-state index in [1.807, 2.05) is 18.5 Å². The minimum Gasteiger partial charge on any atom is -0.479 e. The first kappa shape index (κ1) is 30.1. The van der Waals surface area contributed by atoms with E-state index < -0.39 is 53.0 Å². The smallest absolute Gasteiger partial charge is 0.203 e. The lowest BCUT2D eigenvalue weighted by atomic mass is 9.81. The predicted octanol–water partition coefficient (Wildman–Crippen LogP) is 7.02. The molecule has 0 bridgehead atoms. The van der Waals surface area contributed by atoms with Crippen LogP contribution < -0.4 is 10.1 Å². The second-order valence-electron chi connectivity index (χ2n) is 11.0. The highest BCUT2D eigenvalue weighted by atomic mass is 32.1. The lowest BCUT2D eigenvalue weighted by Crippen LogP contribution is -2.45. The Morgan fingerprint density at radius 1 is 1.17 bits per heavy atom. The van der Waals surface area contributed by atoms with Gasteiger partial charge in [-0.25, -0.2) is 18.4 Å². The number of aromatic nitrogens is 4. The molecule has 1 aliphatic rings. The SMILES string of the molecule is CCCCC(C(=O)COc1c(F)c(F)cc(F)c1F)n1cc([C@@](C)(NCc2ccc3ncsc3c2)C2CCCC2)nn1. The van der Waals surface area contributed by atoms with Gasteiger partial charge in [0.05, 0.1) is 27.5 Å². The van der Waals surface area contributed by atoms with Gasteiger partial charge in [0.25, 0.3) is 0 Å². The Kier molecular flexibility index (Phi) is 9.22. The fraction of sp³-hybridized carbons (Fsp3) is 0.467. The van der Waals surface area contributed by atoms with Crippen LogP contribution in [0.3, 0.4) is 0 Å². The van der Waals surface area contributed by atoms with Crippen LogP contribution in [0.15, 0.2) is 36.0 Å². The Labute approximate surface area is 245 Å². The fourth-order valence-corrected chi connectivity index (χ4v) is 6.41. The van der Waals surface area contributed by atoms with E-state index in [4.69, 9.17) is 4.74 Å². The maximum Gasteiger partial charge on any atom is 0.203 e. The van der Waals surface area contributed by atoms with Crippen molar-refractivity contribution in [2.75, 3.05) is 6.61 Å². The number of nitrogens with one attached hydrogen (secondary N) is 1. The third-order valence-corrected chi connectivity index (χ3v) is 9.01. The lowest BCUT2D eigenvalue weighted by Gasteiger charge is -2.35. The third kappa shape index (κ3) is 6.19. The van der Waals surface area contributed by atoms with Crippen molar-refractivity contribution in [1.29, 1.82) is 0 Å². The third-order valence-electron chi connectivity index (χ3n) is 8.22. The Morgan fingerprint density at radius 3 is 2.62 bits per heavy atom. The number of hydrogen-bond donors (Lipinski definition) is 1. The van der Waals surface area contributed by atoms with Crippen LogP contribution >= 0.6 is 11.3 Å². The first-order valence-corrected chi connectivity index (χ1v) is 15.1. The molecule has 1 aliphatic carbocycles. The van der Waals surface area contributed by atoms with Gasteiger partial charge < -0.3 is 10.1 Å². The van der Waals surface area contributed by atoms with Crippen molar-refractivity contribution in [2.24, 2.45) is 5.92 Å². The number of ketones is 1. The van der Waals surface area contributed by atoms with Crippen molar-refractivity contribution in [3.05, 3.63) is 70.5 Å². The molecule has 5 rings (SSSR count). The summed E-state index contributed by atoms with van der Waals surface area (Å²) in [6.07, 6.45) is 7.87. The van der Waals surface area contributed by atoms with Gasteiger partial charge in [-0.15, -0.1) is 16.4 Å². The molecular formula is C30H33F4N5O2S. The first-order chi connectivity index (χ1) is 20.2. The highest BCUT2D eigenvalue weighted by Crippen LogP contribution is 2.40. The minimum atomic E-state index is -1.69. The van der Waals surface area contributed by atoms with Crippen molar-refractivity contribution < 1.29 is 27.1 Å². The molecule has 2 aromatic carbocycles. The molecule has 12 heteroatoms. The summed E-state index contributed by atoms with van der Waals surface area (Å²) in [6, 6.07) is 5.44. The molecule has 0 spiro atoms. The van der Waals surface area contributed by atoms with E-state index in [0.717, 1.165) is 47.9 Å². The highest BCUT2D eigenvalue weighted by molar-refractivity contribution is 7.16. The number of halogens is 4. The number of Topliss-reactive ketones (excluding diaryl/α,β-unsaturated/α-hetero) is 1. The second-order valence-corrected chi connectivity index (χ2v) is 11.9. The zero-order valence-corrected chi connectivity index (χ0v) is 24.3. The number of nitrogens with zero attached hydrogens (tertiary/aromatic N) is 4. The van der Waals surface area contributed by atoms with E-state index in [0.29, 0.717) is 31.0 Å². The summed E-state index contributed by atoms with van der Waals surface area (Å²) in [5.74, 6) is -8.10. The average Bonchev–Trinajstić information content (AvgIpc) is 3.77. The molecule has 2 atom stereocenters. The second kappa shape index (κ2) is 12.9. The molecule has 0 aliphatic heterocycles. The van der Waals surface area contributed by atoms with Gasteiger partial charge in [-0.3, -0.25) is 4.79 Å².